The topological polar surface area (TPSA) is 38.0 Å². The van der Waals surface area contributed by atoms with Gasteiger partial charge in [0.05, 0.1) is 0 Å². The highest BCUT2D eigenvalue weighted by Crippen LogP contribution is 1.78. The van der Waals surface area contributed by atoms with E-state index >= 15 is 0 Å². The van der Waals surface area contributed by atoms with Crippen LogP contribution in [0.2, 0.25) is 0 Å². The van der Waals surface area contributed by atoms with Crippen molar-refractivity contribution < 1.29 is 5.11 Å². The average Bonchev–Trinajstić information content (AvgIpc) is 2.14. The Hall–Kier alpha value is -0.830. The molecule has 37 valence electrons. The molecular formula is C4H5N2O. The van der Waals surface area contributed by atoms with Gasteiger partial charge in [0.2, 0.25) is 0 Å². The fourth-order valence-electron chi connectivity index (χ4n) is 0.333. The maximum atomic E-state index is 8.32. The highest BCUT2D eigenvalue weighted by atomic mass is 16.3. The zero-order valence-electron chi connectivity index (χ0n) is 3.70. The summed E-state index contributed by atoms with van der Waals surface area (Å²) in [6, 6.07) is 0. The molecule has 0 fully saturated rings. The number of imidazole rings is 1. The van der Waals surface area contributed by atoms with Crippen molar-refractivity contribution in [2.45, 2.75) is 6.73 Å². The fraction of sp³-hybridized carbons (Fsp3) is 0.250. The molecule has 3 nitrogen and oxygen atoms in total. The van der Waals surface area contributed by atoms with E-state index in [-0.39, 0.29) is 6.73 Å². The first-order valence-electron chi connectivity index (χ1n) is 1.93. The third-order valence-electron chi connectivity index (χ3n) is 0.660. The first kappa shape index (κ1) is 4.33. The van der Waals surface area contributed by atoms with E-state index in [0.717, 1.165) is 0 Å². The van der Waals surface area contributed by atoms with Crippen LogP contribution in [0.3, 0.4) is 0 Å². The van der Waals surface area contributed by atoms with E-state index in [0.29, 0.717) is 0 Å². The molecule has 0 spiro atoms. The summed E-state index contributed by atoms with van der Waals surface area (Å²) in [5.74, 6) is 0. The molecule has 0 atom stereocenters. The van der Waals surface area contributed by atoms with Crippen LogP contribution in [0.1, 0.15) is 0 Å². The Morgan fingerprint density at radius 1 is 1.86 bits per heavy atom. The lowest BCUT2D eigenvalue weighted by molar-refractivity contribution is 0.209. The van der Waals surface area contributed by atoms with E-state index in [1.54, 1.807) is 12.4 Å². The zero-order chi connectivity index (χ0) is 5.11. The van der Waals surface area contributed by atoms with Crippen molar-refractivity contribution in [3.05, 3.63) is 18.7 Å². The number of hydrogen-bond donors (Lipinski definition) is 1. The molecule has 0 amide bonds. The first-order valence-corrected chi connectivity index (χ1v) is 1.93. The summed E-state index contributed by atoms with van der Waals surface area (Å²) >= 11 is 0. The maximum Gasteiger partial charge on any atom is 0.178 e. The second-order valence-corrected chi connectivity index (χ2v) is 1.14. The third-order valence-corrected chi connectivity index (χ3v) is 0.660. The van der Waals surface area contributed by atoms with Gasteiger partial charge in [-0.25, -0.2) is 4.98 Å². The van der Waals surface area contributed by atoms with Crippen molar-refractivity contribution in [2.24, 2.45) is 0 Å². The van der Waals surface area contributed by atoms with Gasteiger partial charge in [0.15, 0.2) is 6.33 Å². The van der Waals surface area contributed by atoms with Gasteiger partial charge < -0.3 is 9.67 Å². The molecule has 0 bridgehead atoms. The number of aliphatic hydroxyl groups excluding tert-OH is 1. The summed E-state index contributed by atoms with van der Waals surface area (Å²) < 4.78 is 1.44. The summed E-state index contributed by atoms with van der Waals surface area (Å²) in [5, 5.41) is 8.32. The lowest BCUT2D eigenvalue weighted by Gasteiger charge is -1.86. The second kappa shape index (κ2) is 1.75. The van der Waals surface area contributed by atoms with Crippen LogP contribution in [0.5, 0.6) is 0 Å². The Kier molecular flexibility index (Phi) is 1.08. The predicted molar refractivity (Wildman–Crippen MR) is 23.3 cm³/mol. The number of rotatable bonds is 1. The summed E-state index contributed by atoms with van der Waals surface area (Å²) in [6.45, 7) is -0.0417. The lowest BCUT2D eigenvalue weighted by atomic mass is 10.9. The normalized spacial score (nSPS) is 9.29. The first-order chi connectivity index (χ1) is 3.43. The largest absolute Gasteiger partial charge is 0.376 e. The van der Waals surface area contributed by atoms with Crippen molar-refractivity contribution in [3.63, 3.8) is 0 Å². The Labute approximate surface area is 41.2 Å². The summed E-state index contributed by atoms with van der Waals surface area (Å²) in [6.07, 6.45) is 5.71. The summed E-state index contributed by atoms with van der Waals surface area (Å²) in [7, 11) is 0. The van der Waals surface area contributed by atoms with Crippen LogP contribution in [0.25, 0.3) is 0 Å². The molecular weight excluding hydrogens is 92.1 g/mol. The van der Waals surface area contributed by atoms with Gasteiger partial charge in [0.25, 0.3) is 0 Å². The van der Waals surface area contributed by atoms with E-state index in [1.165, 1.54) is 4.57 Å². The molecule has 0 aliphatic heterocycles. The van der Waals surface area contributed by atoms with Gasteiger partial charge >= 0.3 is 0 Å². The van der Waals surface area contributed by atoms with E-state index in [4.69, 9.17) is 5.11 Å². The van der Waals surface area contributed by atoms with Crippen LogP contribution in [-0.4, -0.2) is 14.7 Å². The molecule has 0 saturated heterocycles. The molecule has 0 aliphatic carbocycles. The van der Waals surface area contributed by atoms with Gasteiger partial charge in [-0.3, -0.25) is 0 Å². The minimum Gasteiger partial charge on any atom is -0.376 e. The Morgan fingerprint density at radius 2 is 2.71 bits per heavy atom. The number of aromatic nitrogens is 2. The van der Waals surface area contributed by atoms with E-state index in [1.807, 2.05) is 0 Å². The van der Waals surface area contributed by atoms with Crippen LogP contribution in [0.4, 0.5) is 0 Å². The molecule has 0 aromatic carbocycles. The Bertz CT molecular complexity index is 124. The smallest absolute Gasteiger partial charge is 0.178 e. The van der Waals surface area contributed by atoms with Crippen molar-refractivity contribution in [1.82, 2.24) is 9.55 Å². The van der Waals surface area contributed by atoms with Crippen LogP contribution in [0.15, 0.2) is 12.4 Å². The molecule has 7 heavy (non-hydrogen) atoms. The fourth-order valence-corrected chi connectivity index (χ4v) is 0.333. The van der Waals surface area contributed by atoms with E-state index < -0.39 is 0 Å². The SMILES string of the molecule is OCn1[c]ncc1. The molecule has 3 heteroatoms. The number of nitrogens with zero attached hydrogens (tertiary/aromatic N) is 2. The van der Waals surface area contributed by atoms with Crippen LogP contribution < -0.4 is 0 Å². The highest BCUT2D eigenvalue weighted by molar-refractivity contribution is 4.69. The quantitative estimate of drug-likeness (QED) is 0.519. The minimum atomic E-state index is -0.0417. The van der Waals surface area contributed by atoms with Gasteiger partial charge in [-0.15, -0.1) is 0 Å². The molecule has 1 heterocycles. The molecule has 1 aromatic rings. The summed E-state index contributed by atoms with van der Waals surface area (Å²) in [5.41, 5.74) is 0. The third kappa shape index (κ3) is 0.778. The minimum absolute atomic E-state index is 0.0417. The molecule has 0 saturated carbocycles. The standard InChI is InChI=1S/C4H5N2O/c7-4-6-2-1-5-3-6/h1-2,7H,4H2. The van der Waals surface area contributed by atoms with E-state index in [9.17, 15) is 0 Å². The monoisotopic (exact) mass is 97.0 g/mol. The molecule has 1 N–H and O–H groups in total. The molecule has 0 aliphatic rings. The van der Waals surface area contributed by atoms with Gasteiger partial charge in [-0.05, 0) is 0 Å². The van der Waals surface area contributed by atoms with Crippen LogP contribution >= 0.6 is 0 Å². The summed E-state index contributed by atoms with van der Waals surface area (Å²) in [4.78, 5) is 3.57. The lowest BCUT2D eigenvalue weighted by Crippen LogP contribution is -1.90. The van der Waals surface area contributed by atoms with Crippen molar-refractivity contribution in [3.8, 4) is 0 Å². The van der Waals surface area contributed by atoms with Gasteiger partial charge in [-0.2, -0.15) is 0 Å². The van der Waals surface area contributed by atoms with Gasteiger partial charge in [0.1, 0.15) is 6.73 Å². The van der Waals surface area contributed by atoms with Crippen molar-refractivity contribution in [1.29, 1.82) is 0 Å². The number of aliphatic hydroxyl groups is 1. The highest BCUT2D eigenvalue weighted by Gasteiger charge is 1.79. The van der Waals surface area contributed by atoms with Crippen LogP contribution in [-0.2, 0) is 6.73 Å². The molecule has 0 unspecified atom stereocenters. The number of hydrogen-bond acceptors (Lipinski definition) is 2. The average molecular weight is 97.1 g/mol. The van der Waals surface area contributed by atoms with Gasteiger partial charge in [-0.1, -0.05) is 0 Å². The molecule has 1 rings (SSSR count). The van der Waals surface area contributed by atoms with Gasteiger partial charge in [0, 0.05) is 12.4 Å². The zero-order valence-corrected chi connectivity index (χ0v) is 3.70. The Balaban J connectivity index is 2.76. The molecule has 1 radical (unpaired) electrons. The van der Waals surface area contributed by atoms with Crippen molar-refractivity contribution >= 4 is 0 Å². The Morgan fingerprint density at radius 3 is 3.00 bits per heavy atom. The second-order valence-electron chi connectivity index (χ2n) is 1.14. The maximum absolute atomic E-state index is 8.32. The van der Waals surface area contributed by atoms with Crippen LogP contribution in [0, 0.1) is 6.33 Å². The molecule has 1 aromatic heterocycles. The van der Waals surface area contributed by atoms with Crippen molar-refractivity contribution in [2.75, 3.05) is 0 Å². The predicted octanol–water partition coefficient (Wildman–Crippen LogP) is -0.367. The van der Waals surface area contributed by atoms with E-state index in [2.05, 4.69) is 11.3 Å².